The van der Waals surface area contributed by atoms with Crippen molar-refractivity contribution in [3.63, 3.8) is 0 Å². The molecule has 1 atom stereocenters. The molecule has 0 amide bonds. The lowest BCUT2D eigenvalue weighted by molar-refractivity contribution is 0.193. The Bertz CT molecular complexity index is 292. The molecule has 0 aliphatic heterocycles. The molecule has 1 aromatic carbocycles. The fourth-order valence-corrected chi connectivity index (χ4v) is 1.23. The molecule has 1 aromatic rings. The molecule has 3 heteroatoms. The zero-order valence-corrected chi connectivity index (χ0v) is 7.07. The molecular weight excluding hydrogens is 156 g/mol. The Morgan fingerprint density at radius 1 is 1.17 bits per heavy atom. The zero-order chi connectivity index (χ0) is 9.30. The summed E-state index contributed by atoms with van der Waals surface area (Å²) >= 11 is 0. The summed E-state index contributed by atoms with van der Waals surface area (Å²) in [4.78, 5) is 0. The van der Waals surface area contributed by atoms with Crippen molar-refractivity contribution in [2.75, 3.05) is 0 Å². The van der Waals surface area contributed by atoms with Crippen LogP contribution in [0, 0.1) is 6.92 Å². The van der Waals surface area contributed by atoms with Crippen LogP contribution in [0.2, 0.25) is 0 Å². The Morgan fingerprint density at radius 2 is 1.67 bits per heavy atom. The van der Waals surface area contributed by atoms with Gasteiger partial charge in [-0.05, 0) is 26.0 Å². The van der Waals surface area contributed by atoms with Crippen LogP contribution in [0.15, 0.2) is 12.1 Å². The second-order valence-electron chi connectivity index (χ2n) is 2.82. The highest BCUT2D eigenvalue weighted by Crippen LogP contribution is 2.32. The predicted molar refractivity (Wildman–Crippen MR) is 45.1 cm³/mol. The van der Waals surface area contributed by atoms with Gasteiger partial charge in [0.15, 0.2) is 0 Å². The molecule has 0 aromatic heterocycles. The van der Waals surface area contributed by atoms with Crippen molar-refractivity contribution in [2.45, 2.75) is 20.0 Å². The second kappa shape index (κ2) is 3.03. The maximum Gasteiger partial charge on any atom is 0.121 e. The van der Waals surface area contributed by atoms with Gasteiger partial charge in [0.05, 0.1) is 6.10 Å². The Hall–Kier alpha value is -1.22. The third-order valence-corrected chi connectivity index (χ3v) is 1.88. The van der Waals surface area contributed by atoms with Gasteiger partial charge >= 0.3 is 0 Å². The van der Waals surface area contributed by atoms with Gasteiger partial charge in [-0.15, -0.1) is 0 Å². The predicted octanol–water partition coefficient (Wildman–Crippen LogP) is 1.46. The van der Waals surface area contributed by atoms with E-state index in [9.17, 15) is 15.3 Å². The molecule has 0 aliphatic rings. The summed E-state index contributed by atoms with van der Waals surface area (Å²) in [6.07, 6.45) is -0.767. The SMILES string of the molecule is Cc1c(O)ccc(O)c1C(C)O. The summed E-state index contributed by atoms with van der Waals surface area (Å²) in [5, 5.41) is 27.8. The quantitative estimate of drug-likeness (QED) is 0.556. The number of aliphatic hydroxyl groups excluding tert-OH is 1. The molecule has 0 bridgehead atoms. The van der Waals surface area contributed by atoms with Crippen LogP contribution in [0.3, 0.4) is 0 Å². The number of benzene rings is 1. The first kappa shape index (κ1) is 8.87. The third kappa shape index (κ3) is 1.36. The summed E-state index contributed by atoms with van der Waals surface area (Å²) in [7, 11) is 0. The van der Waals surface area contributed by atoms with Gasteiger partial charge in [-0.1, -0.05) is 0 Å². The van der Waals surface area contributed by atoms with E-state index in [0.717, 1.165) is 0 Å². The molecule has 3 nitrogen and oxygen atoms in total. The minimum atomic E-state index is -0.767. The van der Waals surface area contributed by atoms with E-state index in [4.69, 9.17) is 0 Å². The number of rotatable bonds is 1. The normalized spacial score (nSPS) is 12.9. The highest BCUT2D eigenvalue weighted by atomic mass is 16.3. The van der Waals surface area contributed by atoms with E-state index in [1.165, 1.54) is 12.1 Å². The lowest BCUT2D eigenvalue weighted by atomic mass is 10.0. The number of aromatic hydroxyl groups is 2. The highest BCUT2D eigenvalue weighted by Gasteiger charge is 2.12. The van der Waals surface area contributed by atoms with Crippen molar-refractivity contribution in [1.29, 1.82) is 0 Å². The molecule has 0 saturated heterocycles. The average Bonchev–Trinajstić information content (AvgIpc) is 1.97. The van der Waals surface area contributed by atoms with Crippen molar-refractivity contribution in [3.8, 4) is 11.5 Å². The largest absolute Gasteiger partial charge is 0.508 e. The van der Waals surface area contributed by atoms with E-state index >= 15 is 0 Å². The first-order valence-corrected chi connectivity index (χ1v) is 3.73. The summed E-state index contributed by atoms with van der Waals surface area (Å²) in [5.74, 6) is 0.101. The second-order valence-corrected chi connectivity index (χ2v) is 2.82. The molecule has 1 rings (SSSR count). The van der Waals surface area contributed by atoms with Crippen molar-refractivity contribution in [3.05, 3.63) is 23.3 Å². The molecule has 12 heavy (non-hydrogen) atoms. The number of hydrogen-bond acceptors (Lipinski definition) is 3. The van der Waals surface area contributed by atoms with Crippen LogP contribution in [0.5, 0.6) is 11.5 Å². The summed E-state index contributed by atoms with van der Waals surface area (Å²) in [6, 6.07) is 2.76. The zero-order valence-electron chi connectivity index (χ0n) is 7.07. The third-order valence-electron chi connectivity index (χ3n) is 1.88. The minimum Gasteiger partial charge on any atom is -0.508 e. The number of phenolic OH excluding ortho intramolecular Hbond substituents is 2. The first-order valence-electron chi connectivity index (χ1n) is 3.73. The maximum absolute atomic E-state index is 9.32. The Labute approximate surface area is 70.9 Å². The monoisotopic (exact) mass is 168 g/mol. The lowest BCUT2D eigenvalue weighted by Gasteiger charge is -2.11. The van der Waals surface area contributed by atoms with Gasteiger partial charge in [0.2, 0.25) is 0 Å². The smallest absolute Gasteiger partial charge is 0.121 e. The molecular formula is C9H12O3. The van der Waals surface area contributed by atoms with Gasteiger partial charge < -0.3 is 15.3 Å². The summed E-state index contributed by atoms with van der Waals surface area (Å²) in [5.41, 5.74) is 0.903. The molecule has 1 unspecified atom stereocenters. The summed E-state index contributed by atoms with van der Waals surface area (Å²) in [6.45, 7) is 3.19. The van der Waals surface area contributed by atoms with Gasteiger partial charge in [-0.25, -0.2) is 0 Å². The van der Waals surface area contributed by atoms with Crippen molar-refractivity contribution < 1.29 is 15.3 Å². The number of aliphatic hydroxyl groups is 1. The van der Waals surface area contributed by atoms with Crippen LogP contribution >= 0.6 is 0 Å². The van der Waals surface area contributed by atoms with Crippen LogP contribution in [-0.2, 0) is 0 Å². The molecule has 66 valence electrons. The minimum absolute atomic E-state index is 0.0142. The van der Waals surface area contributed by atoms with Crippen LogP contribution in [0.4, 0.5) is 0 Å². The van der Waals surface area contributed by atoms with E-state index in [-0.39, 0.29) is 11.5 Å². The summed E-state index contributed by atoms with van der Waals surface area (Å²) < 4.78 is 0. The van der Waals surface area contributed by atoms with Gasteiger partial charge in [-0.2, -0.15) is 0 Å². The van der Waals surface area contributed by atoms with Crippen LogP contribution in [0.1, 0.15) is 24.2 Å². The Morgan fingerprint density at radius 3 is 2.08 bits per heavy atom. The van der Waals surface area contributed by atoms with Crippen molar-refractivity contribution >= 4 is 0 Å². The van der Waals surface area contributed by atoms with Crippen LogP contribution < -0.4 is 0 Å². The highest BCUT2D eigenvalue weighted by molar-refractivity contribution is 5.47. The molecule has 0 fully saturated rings. The van der Waals surface area contributed by atoms with Crippen LogP contribution in [0.25, 0.3) is 0 Å². The molecule has 0 saturated carbocycles. The lowest BCUT2D eigenvalue weighted by Crippen LogP contribution is -1.95. The van der Waals surface area contributed by atoms with E-state index < -0.39 is 6.10 Å². The van der Waals surface area contributed by atoms with Gasteiger partial charge in [0, 0.05) is 11.1 Å². The topological polar surface area (TPSA) is 60.7 Å². The first-order chi connectivity index (χ1) is 5.54. The number of phenols is 2. The van der Waals surface area contributed by atoms with E-state index in [0.29, 0.717) is 11.1 Å². The van der Waals surface area contributed by atoms with Gasteiger partial charge in [0.25, 0.3) is 0 Å². The Kier molecular flexibility index (Phi) is 2.24. The number of hydrogen-bond donors (Lipinski definition) is 3. The van der Waals surface area contributed by atoms with Gasteiger partial charge in [-0.3, -0.25) is 0 Å². The van der Waals surface area contributed by atoms with E-state index in [1.807, 2.05) is 0 Å². The molecule has 0 aliphatic carbocycles. The van der Waals surface area contributed by atoms with Gasteiger partial charge in [0.1, 0.15) is 11.5 Å². The average molecular weight is 168 g/mol. The van der Waals surface area contributed by atoms with E-state index in [2.05, 4.69) is 0 Å². The fourth-order valence-electron chi connectivity index (χ4n) is 1.23. The van der Waals surface area contributed by atoms with E-state index in [1.54, 1.807) is 13.8 Å². The maximum atomic E-state index is 9.32. The standard InChI is InChI=1S/C9H12O3/c1-5-7(11)3-4-8(12)9(5)6(2)10/h3-4,6,10-12H,1-2H3. The van der Waals surface area contributed by atoms with Crippen molar-refractivity contribution in [1.82, 2.24) is 0 Å². The van der Waals surface area contributed by atoms with Crippen LogP contribution in [-0.4, -0.2) is 15.3 Å². The molecule has 0 heterocycles. The molecule has 0 spiro atoms. The molecule has 3 N–H and O–H groups in total. The van der Waals surface area contributed by atoms with Crippen molar-refractivity contribution in [2.24, 2.45) is 0 Å². The fraction of sp³-hybridized carbons (Fsp3) is 0.333. The molecule has 0 radical (unpaired) electrons. The Balaban J connectivity index is 3.33.